The fourth-order valence-electron chi connectivity index (χ4n) is 4.10. The Morgan fingerprint density at radius 2 is 1.71 bits per heavy atom. The van der Waals surface area contributed by atoms with Crippen molar-refractivity contribution in [3.63, 3.8) is 0 Å². The zero-order chi connectivity index (χ0) is 22.0. The van der Waals surface area contributed by atoms with Crippen LogP contribution in [0.2, 0.25) is 0 Å². The number of piperidine rings is 1. The zero-order valence-electron chi connectivity index (χ0n) is 17.3. The molecule has 7 nitrogen and oxygen atoms in total. The van der Waals surface area contributed by atoms with E-state index in [0.29, 0.717) is 38.5 Å². The monoisotopic (exact) mass is 434 g/mol. The Labute approximate surface area is 178 Å². The summed E-state index contributed by atoms with van der Waals surface area (Å²) >= 11 is 0. The summed E-state index contributed by atoms with van der Waals surface area (Å²) in [5, 5.41) is 8.35. The van der Waals surface area contributed by atoms with Crippen LogP contribution in [-0.4, -0.2) is 65.3 Å². The average molecular weight is 434 g/mol. The van der Waals surface area contributed by atoms with Crippen LogP contribution >= 0.6 is 0 Å². The van der Waals surface area contributed by atoms with Crippen molar-refractivity contribution in [3.8, 4) is 0 Å². The number of piperazine rings is 1. The van der Waals surface area contributed by atoms with Crippen molar-refractivity contribution in [1.29, 1.82) is 0 Å². The summed E-state index contributed by atoms with van der Waals surface area (Å²) in [7, 11) is 0. The van der Waals surface area contributed by atoms with Crippen molar-refractivity contribution < 1.29 is 18.0 Å². The van der Waals surface area contributed by atoms with Gasteiger partial charge in [0.05, 0.1) is 17.2 Å². The van der Waals surface area contributed by atoms with E-state index in [1.807, 2.05) is 28.9 Å². The van der Waals surface area contributed by atoms with E-state index >= 15 is 0 Å². The van der Waals surface area contributed by atoms with Crippen molar-refractivity contribution in [2.45, 2.75) is 25.9 Å². The fourth-order valence-corrected chi connectivity index (χ4v) is 4.10. The van der Waals surface area contributed by atoms with Gasteiger partial charge in [0.2, 0.25) is 5.91 Å². The highest BCUT2D eigenvalue weighted by Crippen LogP contribution is 2.29. The summed E-state index contributed by atoms with van der Waals surface area (Å²) in [6, 6.07) is 6.29. The summed E-state index contributed by atoms with van der Waals surface area (Å²) < 4.78 is 38.2. The first kappa shape index (κ1) is 21.3. The highest BCUT2D eigenvalue weighted by atomic mass is 19.4. The van der Waals surface area contributed by atoms with Crippen LogP contribution in [-0.2, 0) is 11.0 Å². The van der Waals surface area contributed by atoms with Gasteiger partial charge in [0, 0.05) is 45.5 Å². The molecule has 0 saturated carbocycles. The first-order valence-corrected chi connectivity index (χ1v) is 10.4. The second-order valence-corrected chi connectivity index (χ2v) is 8.03. The number of hydrogen-bond acceptors (Lipinski definition) is 6. The Bertz CT molecular complexity index is 895. The van der Waals surface area contributed by atoms with Crippen molar-refractivity contribution in [1.82, 2.24) is 20.1 Å². The van der Waals surface area contributed by atoms with Gasteiger partial charge in [-0.15, -0.1) is 5.10 Å². The molecule has 4 heterocycles. The normalized spacial score (nSPS) is 20.1. The van der Waals surface area contributed by atoms with Gasteiger partial charge >= 0.3 is 6.18 Å². The number of aryl methyl sites for hydroxylation is 1. The molecule has 1 atom stereocenters. The lowest BCUT2D eigenvalue weighted by Gasteiger charge is -2.39. The molecule has 0 aliphatic carbocycles. The number of carbonyl (C=O) groups excluding carboxylic acids is 1. The van der Waals surface area contributed by atoms with E-state index in [9.17, 15) is 18.0 Å². The number of amides is 1. The topological polar surface area (TPSA) is 65.5 Å². The van der Waals surface area contributed by atoms with Gasteiger partial charge in [-0.1, -0.05) is 0 Å². The summed E-state index contributed by atoms with van der Waals surface area (Å²) in [5.41, 5.74) is 0.0963. The minimum Gasteiger partial charge on any atom is -0.354 e. The molecular formula is C21H25F3N6O. The second-order valence-electron chi connectivity index (χ2n) is 8.03. The van der Waals surface area contributed by atoms with Gasteiger partial charge in [-0.2, -0.15) is 18.3 Å². The molecule has 2 aromatic heterocycles. The summed E-state index contributed by atoms with van der Waals surface area (Å²) in [4.78, 5) is 22.9. The largest absolute Gasteiger partial charge is 0.417 e. The van der Waals surface area contributed by atoms with E-state index in [2.05, 4.69) is 20.1 Å². The van der Waals surface area contributed by atoms with Crippen LogP contribution in [0.5, 0.6) is 0 Å². The minimum absolute atomic E-state index is 0.0902. The molecule has 2 fully saturated rings. The maximum Gasteiger partial charge on any atom is 0.417 e. The van der Waals surface area contributed by atoms with Gasteiger partial charge in [-0.25, -0.2) is 4.98 Å². The van der Waals surface area contributed by atoms with Crippen molar-refractivity contribution >= 4 is 17.5 Å². The van der Waals surface area contributed by atoms with Crippen LogP contribution in [0, 0.1) is 12.8 Å². The number of nitrogens with zero attached hydrogens (tertiary/aromatic N) is 6. The van der Waals surface area contributed by atoms with Gasteiger partial charge in [0.15, 0.2) is 5.82 Å². The highest BCUT2D eigenvalue weighted by Gasteiger charge is 2.33. The number of rotatable bonds is 3. The molecular weight excluding hydrogens is 409 g/mol. The molecule has 2 aromatic rings. The lowest BCUT2D eigenvalue weighted by molar-refractivity contribution is -0.138. The SMILES string of the molecule is Cc1ccc(N2CCCC(C(=O)N3CCN(c4ccc(C(F)(F)F)cn4)CC3)C2)nn1. The van der Waals surface area contributed by atoms with Crippen LogP contribution in [0.3, 0.4) is 0 Å². The molecule has 166 valence electrons. The molecule has 0 spiro atoms. The van der Waals surface area contributed by atoms with Gasteiger partial charge < -0.3 is 14.7 Å². The Hall–Kier alpha value is -2.91. The number of aromatic nitrogens is 3. The standard InChI is InChI=1S/C21H25F3N6O/c1-15-4-6-19(27-26-15)30-8-2-3-16(14-30)20(31)29-11-9-28(10-12-29)18-7-5-17(13-25-18)21(22,23)24/h4-7,13,16H,2-3,8-12,14H2,1H3. The molecule has 0 aromatic carbocycles. The van der Waals surface area contributed by atoms with E-state index in [1.54, 1.807) is 0 Å². The molecule has 0 N–H and O–H groups in total. The predicted molar refractivity (Wildman–Crippen MR) is 110 cm³/mol. The fraction of sp³-hybridized carbons (Fsp3) is 0.524. The summed E-state index contributed by atoms with van der Waals surface area (Å²) in [5.74, 6) is 1.33. The maximum atomic E-state index is 13.1. The summed E-state index contributed by atoms with van der Waals surface area (Å²) in [6.07, 6.45) is -1.77. The van der Waals surface area contributed by atoms with Crippen LogP contribution in [0.15, 0.2) is 30.5 Å². The third kappa shape index (κ3) is 4.88. The quantitative estimate of drug-likeness (QED) is 0.740. The van der Waals surface area contributed by atoms with Crippen LogP contribution in [0.4, 0.5) is 24.8 Å². The average Bonchev–Trinajstić information content (AvgIpc) is 2.79. The molecule has 4 rings (SSSR count). The van der Waals surface area contributed by atoms with E-state index < -0.39 is 11.7 Å². The number of anilines is 2. The zero-order valence-corrected chi connectivity index (χ0v) is 17.3. The third-order valence-electron chi connectivity index (χ3n) is 5.87. The number of alkyl halides is 3. The molecule has 2 aliphatic rings. The molecule has 0 bridgehead atoms. The van der Waals surface area contributed by atoms with Crippen molar-refractivity contribution in [2.24, 2.45) is 5.92 Å². The Morgan fingerprint density at radius 3 is 2.32 bits per heavy atom. The number of halogens is 3. The molecule has 1 amide bonds. The first-order chi connectivity index (χ1) is 14.8. The maximum absolute atomic E-state index is 13.1. The van der Waals surface area contributed by atoms with Gasteiger partial charge in [0.25, 0.3) is 0 Å². The second kappa shape index (κ2) is 8.68. The van der Waals surface area contributed by atoms with Crippen LogP contribution < -0.4 is 9.80 Å². The van der Waals surface area contributed by atoms with Gasteiger partial charge in [0.1, 0.15) is 5.82 Å². The molecule has 0 radical (unpaired) electrons. The minimum atomic E-state index is -4.39. The van der Waals surface area contributed by atoms with Crippen molar-refractivity contribution in [3.05, 3.63) is 41.7 Å². The smallest absolute Gasteiger partial charge is 0.354 e. The van der Waals surface area contributed by atoms with Crippen LogP contribution in [0.25, 0.3) is 0 Å². The molecule has 2 aliphatic heterocycles. The van der Waals surface area contributed by atoms with Crippen LogP contribution in [0.1, 0.15) is 24.1 Å². The van der Waals surface area contributed by atoms with E-state index in [-0.39, 0.29) is 11.8 Å². The lowest BCUT2D eigenvalue weighted by atomic mass is 9.96. The predicted octanol–water partition coefficient (Wildman–Crippen LogP) is 2.76. The lowest BCUT2D eigenvalue weighted by Crippen LogP contribution is -2.52. The third-order valence-corrected chi connectivity index (χ3v) is 5.87. The Balaban J connectivity index is 1.33. The molecule has 2 saturated heterocycles. The van der Waals surface area contributed by atoms with E-state index in [1.165, 1.54) is 6.07 Å². The molecule has 31 heavy (non-hydrogen) atoms. The van der Waals surface area contributed by atoms with E-state index in [4.69, 9.17) is 0 Å². The number of carbonyl (C=O) groups is 1. The van der Waals surface area contributed by atoms with E-state index in [0.717, 1.165) is 43.2 Å². The van der Waals surface area contributed by atoms with Gasteiger partial charge in [-0.05, 0) is 44.0 Å². The van der Waals surface area contributed by atoms with Gasteiger partial charge in [-0.3, -0.25) is 4.79 Å². The summed E-state index contributed by atoms with van der Waals surface area (Å²) in [6.45, 7) is 5.52. The van der Waals surface area contributed by atoms with Crippen molar-refractivity contribution in [2.75, 3.05) is 49.1 Å². The highest BCUT2D eigenvalue weighted by molar-refractivity contribution is 5.80. The molecule has 10 heteroatoms. The number of hydrogen-bond donors (Lipinski definition) is 0. The molecule has 1 unspecified atom stereocenters. The number of pyridine rings is 1. The Kier molecular flexibility index (Phi) is 5.97. The Morgan fingerprint density at radius 1 is 0.968 bits per heavy atom. The first-order valence-electron chi connectivity index (χ1n) is 10.4.